The summed E-state index contributed by atoms with van der Waals surface area (Å²) >= 11 is 0. The van der Waals surface area contributed by atoms with Gasteiger partial charge in [-0.25, -0.2) is 15.0 Å². The lowest BCUT2D eigenvalue weighted by atomic mass is 9.93. The van der Waals surface area contributed by atoms with Gasteiger partial charge in [-0.1, -0.05) is 164 Å². The minimum Gasteiger partial charge on any atom is -0.309 e. The van der Waals surface area contributed by atoms with Crippen LogP contribution in [0.5, 0.6) is 0 Å². The highest BCUT2D eigenvalue weighted by molar-refractivity contribution is 6.18. The molecular formula is C47H30N4. The maximum atomic E-state index is 5.16. The molecule has 10 rings (SSSR count). The van der Waals surface area contributed by atoms with E-state index >= 15 is 0 Å². The molecule has 0 radical (unpaired) electrons. The minimum atomic E-state index is 0.646. The normalized spacial score (nSPS) is 11.5. The van der Waals surface area contributed by atoms with Crippen LogP contribution in [-0.4, -0.2) is 19.5 Å². The van der Waals surface area contributed by atoms with Gasteiger partial charge in [-0.15, -0.1) is 0 Å². The molecule has 0 saturated heterocycles. The maximum absolute atomic E-state index is 5.16. The molecule has 238 valence electrons. The molecule has 0 N–H and O–H groups in total. The molecule has 0 aliphatic heterocycles. The van der Waals surface area contributed by atoms with E-state index in [1.807, 2.05) is 36.4 Å². The Morgan fingerprint density at radius 1 is 0.333 bits per heavy atom. The van der Waals surface area contributed by atoms with Crippen LogP contribution in [0.2, 0.25) is 0 Å². The topological polar surface area (TPSA) is 43.6 Å². The lowest BCUT2D eigenvalue weighted by molar-refractivity contribution is 1.08. The summed E-state index contributed by atoms with van der Waals surface area (Å²) in [6.45, 7) is 0. The van der Waals surface area contributed by atoms with Gasteiger partial charge in [0.05, 0.1) is 11.0 Å². The van der Waals surface area contributed by atoms with Crippen molar-refractivity contribution in [3.8, 4) is 51.0 Å². The molecule has 0 saturated carbocycles. The summed E-state index contributed by atoms with van der Waals surface area (Å²) in [6.07, 6.45) is 0. The van der Waals surface area contributed by atoms with Gasteiger partial charge in [0.15, 0.2) is 17.5 Å². The van der Waals surface area contributed by atoms with Crippen LogP contribution in [0.3, 0.4) is 0 Å². The fraction of sp³-hybridized carbons (Fsp3) is 0. The summed E-state index contributed by atoms with van der Waals surface area (Å²) in [7, 11) is 0. The molecule has 0 atom stereocenters. The second-order valence-electron chi connectivity index (χ2n) is 12.8. The van der Waals surface area contributed by atoms with Crippen molar-refractivity contribution in [2.75, 3.05) is 0 Å². The smallest absolute Gasteiger partial charge is 0.165 e. The Balaban J connectivity index is 1.19. The standard InChI is InChI=1S/C47H30N4/c1-3-15-34(16-4-1)45-48-46(35-17-5-2-6-18-35)50-47(49-45)43-37-19-9-7-13-31(37)25-29-38(43)33-23-27-36(28-24-33)51-42-22-12-11-21-40(42)41-30-26-32-14-8-10-20-39(32)44(41)51/h1-30H. The molecule has 2 heterocycles. The molecule has 0 unspecified atom stereocenters. The molecular weight excluding hydrogens is 621 g/mol. The van der Waals surface area contributed by atoms with E-state index in [2.05, 4.69) is 150 Å². The molecule has 51 heavy (non-hydrogen) atoms. The van der Waals surface area contributed by atoms with Crippen molar-refractivity contribution in [3.05, 3.63) is 182 Å². The quantitative estimate of drug-likeness (QED) is 0.186. The first kappa shape index (κ1) is 29.0. The third-order valence-corrected chi connectivity index (χ3v) is 9.85. The Hall–Kier alpha value is -6.91. The number of aromatic nitrogens is 4. The fourth-order valence-corrected chi connectivity index (χ4v) is 7.46. The van der Waals surface area contributed by atoms with Gasteiger partial charge in [-0.2, -0.15) is 0 Å². The number of benzene rings is 8. The molecule has 4 heteroatoms. The zero-order valence-corrected chi connectivity index (χ0v) is 27.6. The molecule has 10 aromatic rings. The monoisotopic (exact) mass is 650 g/mol. The van der Waals surface area contributed by atoms with Crippen LogP contribution in [-0.2, 0) is 0 Å². The Bertz CT molecular complexity index is 2830. The van der Waals surface area contributed by atoms with E-state index in [1.165, 1.54) is 32.6 Å². The van der Waals surface area contributed by atoms with Crippen molar-refractivity contribution in [1.29, 1.82) is 0 Å². The van der Waals surface area contributed by atoms with Crippen molar-refractivity contribution < 1.29 is 0 Å². The molecule has 0 aliphatic rings. The van der Waals surface area contributed by atoms with Gasteiger partial charge < -0.3 is 4.57 Å². The van der Waals surface area contributed by atoms with Crippen molar-refractivity contribution in [1.82, 2.24) is 19.5 Å². The molecule has 0 spiro atoms. The minimum absolute atomic E-state index is 0.646. The van der Waals surface area contributed by atoms with E-state index in [4.69, 9.17) is 15.0 Å². The molecule has 8 aromatic carbocycles. The highest BCUT2D eigenvalue weighted by Gasteiger charge is 2.19. The molecule has 0 fully saturated rings. The van der Waals surface area contributed by atoms with Gasteiger partial charge in [0, 0.05) is 38.5 Å². The Kier molecular flexibility index (Phi) is 6.78. The molecule has 2 aromatic heterocycles. The van der Waals surface area contributed by atoms with E-state index in [9.17, 15) is 0 Å². The second-order valence-corrected chi connectivity index (χ2v) is 12.8. The number of fused-ring (bicyclic) bond motifs is 6. The van der Waals surface area contributed by atoms with Gasteiger partial charge in [-0.05, 0) is 45.5 Å². The van der Waals surface area contributed by atoms with E-state index < -0.39 is 0 Å². The molecule has 4 nitrogen and oxygen atoms in total. The first-order valence-corrected chi connectivity index (χ1v) is 17.2. The average molecular weight is 651 g/mol. The lowest BCUT2D eigenvalue weighted by Gasteiger charge is -2.16. The van der Waals surface area contributed by atoms with E-state index in [0.717, 1.165) is 44.3 Å². The number of hydrogen-bond acceptors (Lipinski definition) is 3. The highest BCUT2D eigenvalue weighted by Crippen LogP contribution is 2.40. The lowest BCUT2D eigenvalue weighted by Crippen LogP contribution is -2.01. The number of hydrogen-bond donors (Lipinski definition) is 0. The van der Waals surface area contributed by atoms with Crippen LogP contribution in [0.4, 0.5) is 0 Å². The summed E-state index contributed by atoms with van der Waals surface area (Å²) in [4.78, 5) is 15.3. The fourth-order valence-electron chi connectivity index (χ4n) is 7.46. The Morgan fingerprint density at radius 2 is 0.863 bits per heavy atom. The first-order valence-electron chi connectivity index (χ1n) is 17.2. The second kappa shape index (κ2) is 11.9. The zero-order chi connectivity index (χ0) is 33.7. The van der Waals surface area contributed by atoms with Gasteiger partial charge >= 0.3 is 0 Å². The van der Waals surface area contributed by atoms with Crippen LogP contribution in [0.1, 0.15) is 0 Å². The number of nitrogens with zero attached hydrogens (tertiary/aromatic N) is 4. The average Bonchev–Trinajstić information content (AvgIpc) is 3.56. The Morgan fingerprint density at radius 3 is 1.55 bits per heavy atom. The van der Waals surface area contributed by atoms with E-state index in [-0.39, 0.29) is 0 Å². The van der Waals surface area contributed by atoms with Crippen LogP contribution in [0.25, 0.3) is 94.3 Å². The van der Waals surface area contributed by atoms with Gasteiger partial charge in [-0.3, -0.25) is 0 Å². The summed E-state index contributed by atoms with van der Waals surface area (Å²) in [5, 5.41) is 7.20. The van der Waals surface area contributed by atoms with Crippen molar-refractivity contribution in [3.63, 3.8) is 0 Å². The van der Waals surface area contributed by atoms with Crippen LogP contribution in [0.15, 0.2) is 182 Å². The number of rotatable bonds is 5. The van der Waals surface area contributed by atoms with Gasteiger partial charge in [0.1, 0.15) is 0 Å². The van der Waals surface area contributed by atoms with Crippen molar-refractivity contribution >= 4 is 43.4 Å². The first-order chi connectivity index (χ1) is 25.3. The van der Waals surface area contributed by atoms with Crippen molar-refractivity contribution in [2.24, 2.45) is 0 Å². The molecule has 0 bridgehead atoms. The van der Waals surface area contributed by atoms with Gasteiger partial charge in [0.25, 0.3) is 0 Å². The maximum Gasteiger partial charge on any atom is 0.165 e. The van der Waals surface area contributed by atoms with Gasteiger partial charge in [0.2, 0.25) is 0 Å². The summed E-state index contributed by atoms with van der Waals surface area (Å²) in [6, 6.07) is 63.9. The van der Waals surface area contributed by atoms with Crippen LogP contribution < -0.4 is 0 Å². The van der Waals surface area contributed by atoms with E-state index in [1.54, 1.807) is 0 Å². The third-order valence-electron chi connectivity index (χ3n) is 9.85. The highest BCUT2D eigenvalue weighted by atomic mass is 15.0. The SMILES string of the molecule is c1ccc(-c2nc(-c3ccccc3)nc(-c3c(-c4ccc(-n5c6ccccc6c6ccc7ccccc7c65)cc4)ccc4ccccc34)n2)cc1. The summed E-state index contributed by atoms with van der Waals surface area (Å²) in [5.74, 6) is 1.94. The van der Waals surface area contributed by atoms with E-state index in [0.29, 0.717) is 17.5 Å². The zero-order valence-electron chi connectivity index (χ0n) is 27.6. The summed E-state index contributed by atoms with van der Waals surface area (Å²) < 4.78 is 2.41. The molecule has 0 aliphatic carbocycles. The number of para-hydroxylation sites is 1. The largest absolute Gasteiger partial charge is 0.309 e. The van der Waals surface area contributed by atoms with Crippen molar-refractivity contribution in [2.45, 2.75) is 0 Å². The Labute approximate surface area is 295 Å². The third kappa shape index (κ3) is 4.88. The molecule has 0 amide bonds. The summed E-state index contributed by atoms with van der Waals surface area (Å²) in [5.41, 5.74) is 8.56. The van der Waals surface area contributed by atoms with Crippen LogP contribution >= 0.6 is 0 Å². The van der Waals surface area contributed by atoms with Crippen LogP contribution in [0, 0.1) is 0 Å². The predicted octanol–water partition coefficient (Wildman–Crippen LogP) is 11.9. The predicted molar refractivity (Wildman–Crippen MR) is 211 cm³/mol.